The topological polar surface area (TPSA) is 49.5 Å². The van der Waals surface area contributed by atoms with Gasteiger partial charge < -0.3 is 15.7 Å². The van der Waals surface area contributed by atoms with E-state index in [1.54, 1.807) is 11.8 Å². The molecule has 0 saturated carbocycles. The summed E-state index contributed by atoms with van der Waals surface area (Å²) in [7, 11) is 0. The van der Waals surface area contributed by atoms with E-state index in [9.17, 15) is 5.11 Å². The number of nitrogens with two attached hydrogens (primary N) is 1. The molecule has 0 unspecified atom stereocenters. The van der Waals surface area contributed by atoms with Crippen LogP contribution in [0.4, 0.5) is 5.69 Å². The first-order chi connectivity index (χ1) is 8.94. The summed E-state index contributed by atoms with van der Waals surface area (Å²) in [5, 5.41) is 10.0. The minimum Gasteiger partial charge on any atom is -0.390 e. The maximum atomic E-state index is 10.0. The van der Waals surface area contributed by atoms with Crippen molar-refractivity contribution < 1.29 is 5.11 Å². The number of rotatable bonds is 3. The Hall–Kier alpha value is -0.780. The quantitative estimate of drug-likeness (QED) is 0.662. The molecule has 1 aliphatic heterocycles. The van der Waals surface area contributed by atoms with Crippen molar-refractivity contribution in [3.63, 3.8) is 0 Å². The number of aliphatic hydroxyl groups is 1. The van der Waals surface area contributed by atoms with E-state index in [1.807, 2.05) is 25.3 Å². The van der Waals surface area contributed by atoms with Crippen molar-refractivity contribution in [2.75, 3.05) is 24.2 Å². The lowest BCUT2D eigenvalue weighted by Gasteiger charge is -2.38. The Balaban J connectivity index is 2.32. The van der Waals surface area contributed by atoms with Crippen LogP contribution in [0, 0.1) is 0 Å². The van der Waals surface area contributed by atoms with E-state index < -0.39 is 5.60 Å². The van der Waals surface area contributed by atoms with Gasteiger partial charge in [0, 0.05) is 29.2 Å². The van der Waals surface area contributed by atoms with Gasteiger partial charge in [0.1, 0.15) is 4.99 Å². The summed E-state index contributed by atoms with van der Waals surface area (Å²) in [6, 6.07) is 6.15. The highest BCUT2D eigenvalue weighted by Gasteiger charge is 2.28. The number of hydrogen-bond acceptors (Lipinski definition) is 4. The molecule has 5 heteroatoms. The molecule has 3 N–H and O–H groups in total. The fourth-order valence-electron chi connectivity index (χ4n) is 2.43. The van der Waals surface area contributed by atoms with Gasteiger partial charge in [0.15, 0.2) is 0 Å². The van der Waals surface area contributed by atoms with Gasteiger partial charge in [-0.25, -0.2) is 0 Å². The molecule has 1 aromatic rings. The molecule has 0 aliphatic carbocycles. The zero-order valence-electron chi connectivity index (χ0n) is 11.3. The number of piperidine rings is 1. The van der Waals surface area contributed by atoms with Crippen molar-refractivity contribution >= 4 is 34.7 Å². The molecule has 3 nitrogen and oxygen atoms in total. The Labute approximate surface area is 124 Å². The van der Waals surface area contributed by atoms with Gasteiger partial charge in [-0.1, -0.05) is 18.3 Å². The van der Waals surface area contributed by atoms with Gasteiger partial charge >= 0.3 is 0 Å². The summed E-state index contributed by atoms with van der Waals surface area (Å²) >= 11 is 6.86. The van der Waals surface area contributed by atoms with Crippen LogP contribution >= 0.6 is 24.0 Å². The van der Waals surface area contributed by atoms with E-state index in [2.05, 4.69) is 11.0 Å². The number of hydrogen-bond donors (Lipinski definition) is 2. The van der Waals surface area contributed by atoms with Crippen molar-refractivity contribution in [2.24, 2.45) is 5.73 Å². The largest absolute Gasteiger partial charge is 0.390 e. The molecule has 1 fully saturated rings. The number of thioether (sulfide) groups is 1. The second-order valence-corrected chi connectivity index (χ2v) is 6.49. The van der Waals surface area contributed by atoms with Crippen molar-refractivity contribution in [1.82, 2.24) is 0 Å². The Bertz CT molecular complexity index is 478. The molecule has 0 aromatic heterocycles. The van der Waals surface area contributed by atoms with Crippen LogP contribution < -0.4 is 10.6 Å². The molecule has 1 heterocycles. The zero-order chi connectivity index (χ0) is 14.0. The van der Waals surface area contributed by atoms with Crippen molar-refractivity contribution in [2.45, 2.75) is 30.3 Å². The molecule has 19 heavy (non-hydrogen) atoms. The monoisotopic (exact) mass is 296 g/mol. The standard InChI is InChI=1S/C14H20N2OS2/c1-14(17)6-8-16(9-7-14)10-4-3-5-11(19-2)12(10)13(15)18/h3-5,17H,6-9H2,1-2H3,(H2,15,18). The Morgan fingerprint density at radius 2 is 2.05 bits per heavy atom. The number of thiocarbonyl (C=S) groups is 1. The lowest BCUT2D eigenvalue weighted by Crippen LogP contribution is -2.43. The van der Waals surface area contributed by atoms with Gasteiger partial charge in [0.05, 0.1) is 5.60 Å². The average molecular weight is 296 g/mol. The van der Waals surface area contributed by atoms with Crippen LogP contribution in [-0.4, -0.2) is 35.0 Å². The molecule has 0 radical (unpaired) electrons. The number of anilines is 1. The molecule has 0 bridgehead atoms. The Morgan fingerprint density at radius 1 is 1.42 bits per heavy atom. The summed E-state index contributed by atoms with van der Waals surface area (Å²) in [5.74, 6) is 0. The van der Waals surface area contributed by atoms with Crippen molar-refractivity contribution in [3.8, 4) is 0 Å². The predicted octanol–water partition coefficient (Wildman–Crippen LogP) is 2.39. The first-order valence-corrected chi connectivity index (χ1v) is 8.02. The van der Waals surface area contributed by atoms with E-state index in [4.69, 9.17) is 18.0 Å². The third kappa shape index (κ3) is 3.22. The molecular formula is C14H20N2OS2. The van der Waals surface area contributed by atoms with Crippen LogP contribution in [0.15, 0.2) is 23.1 Å². The molecule has 1 saturated heterocycles. The summed E-state index contributed by atoms with van der Waals surface area (Å²) < 4.78 is 0. The van der Waals surface area contributed by atoms with Crippen molar-refractivity contribution in [3.05, 3.63) is 23.8 Å². The van der Waals surface area contributed by atoms with Crippen LogP contribution in [0.25, 0.3) is 0 Å². The van der Waals surface area contributed by atoms with Crippen LogP contribution in [0.2, 0.25) is 0 Å². The summed E-state index contributed by atoms with van der Waals surface area (Å²) in [6.45, 7) is 3.57. The van der Waals surface area contributed by atoms with Gasteiger partial charge in [-0.15, -0.1) is 11.8 Å². The van der Waals surface area contributed by atoms with E-state index in [0.29, 0.717) is 4.99 Å². The first-order valence-electron chi connectivity index (χ1n) is 6.39. The third-order valence-electron chi connectivity index (χ3n) is 3.65. The highest BCUT2D eigenvalue weighted by molar-refractivity contribution is 7.98. The fraction of sp³-hybridized carbons (Fsp3) is 0.500. The minimum atomic E-state index is -0.545. The van der Waals surface area contributed by atoms with Crippen LogP contribution in [0.3, 0.4) is 0 Å². The van der Waals surface area contributed by atoms with E-state index in [-0.39, 0.29) is 0 Å². The van der Waals surface area contributed by atoms with Crippen LogP contribution in [0.1, 0.15) is 25.3 Å². The maximum absolute atomic E-state index is 10.0. The van der Waals surface area contributed by atoms with Crippen LogP contribution in [-0.2, 0) is 0 Å². The van der Waals surface area contributed by atoms with Crippen LogP contribution in [0.5, 0.6) is 0 Å². The lowest BCUT2D eigenvalue weighted by molar-refractivity contribution is 0.0351. The zero-order valence-corrected chi connectivity index (χ0v) is 13.0. The van der Waals surface area contributed by atoms with E-state index >= 15 is 0 Å². The third-order valence-corrected chi connectivity index (χ3v) is 4.64. The van der Waals surface area contributed by atoms with Gasteiger partial charge in [-0.2, -0.15) is 0 Å². The molecular weight excluding hydrogens is 276 g/mol. The van der Waals surface area contributed by atoms with Gasteiger partial charge in [-0.05, 0) is 38.2 Å². The summed E-state index contributed by atoms with van der Waals surface area (Å²) in [5.41, 5.74) is 7.41. The molecule has 1 aliphatic rings. The number of benzene rings is 1. The SMILES string of the molecule is CSc1cccc(N2CCC(C)(O)CC2)c1C(N)=S. The minimum absolute atomic E-state index is 0.442. The molecule has 104 valence electrons. The van der Waals surface area contributed by atoms with Gasteiger partial charge in [-0.3, -0.25) is 0 Å². The molecule has 0 spiro atoms. The maximum Gasteiger partial charge on any atom is 0.107 e. The Kier molecular flexibility index (Phi) is 4.38. The molecule has 2 rings (SSSR count). The second-order valence-electron chi connectivity index (χ2n) is 5.20. The molecule has 0 atom stereocenters. The van der Waals surface area contributed by atoms with Crippen molar-refractivity contribution in [1.29, 1.82) is 0 Å². The number of nitrogens with zero attached hydrogens (tertiary/aromatic N) is 1. The molecule has 1 aromatic carbocycles. The van der Waals surface area contributed by atoms with E-state index in [0.717, 1.165) is 42.1 Å². The highest BCUT2D eigenvalue weighted by Crippen LogP contribution is 2.33. The highest BCUT2D eigenvalue weighted by atomic mass is 32.2. The summed E-state index contributed by atoms with van der Waals surface area (Å²) in [4.78, 5) is 3.83. The first kappa shape index (κ1) is 14.6. The smallest absolute Gasteiger partial charge is 0.107 e. The predicted molar refractivity (Wildman–Crippen MR) is 86.2 cm³/mol. The van der Waals surface area contributed by atoms with Gasteiger partial charge in [0.25, 0.3) is 0 Å². The van der Waals surface area contributed by atoms with E-state index in [1.165, 1.54) is 0 Å². The Morgan fingerprint density at radius 3 is 2.58 bits per heavy atom. The van der Waals surface area contributed by atoms with Gasteiger partial charge in [0.2, 0.25) is 0 Å². The molecule has 0 amide bonds. The average Bonchev–Trinajstić information content (AvgIpc) is 2.37. The lowest BCUT2D eigenvalue weighted by atomic mass is 9.93. The second kappa shape index (κ2) is 5.69. The fourth-order valence-corrected chi connectivity index (χ4v) is 3.34. The normalized spacial score (nSPS) is 18.4. The summed E-state index contributed by atoms with van der Waals surface area (Å²) in [6.07, 6.45) is 3.57.